The van der Waals surface area contributed by atoms with Gasteiger partial charge in [0.15, 0.2) is 11.5 Å². The van der Waals surface area contributed by atoms with Crippen LogP contribution in [0.3, 0.4) is 0 Å². The maximum absolute atomic E-state index is 11.5. The smallest absolute Gasteiger partial charge is 0.231 e. The summed E-state index contributed by atoms with van der Waals surface area (Å²) in [4.78, 5) is 11.5. The third-order valence-electron chi connectivity index (χ3n) is 3.54. The number of benzene rings is 1. The first kappa shape index (κ1) is 12.3. The molecule has 1 unspecified atom stereocenters. The van der Waals surface area contributed by atoms with Gasteiger partial charge in [-0.05, 0) is 18.9 Å². The van der Waals surface area contributed by atoms with Crippen LogP contribution in [0.2, 0.25) is 0 Å². The summed E-state index contributed by atoms with van der Waals surface area (Å²) in [6.45, 7) is 1.78. The van der Waals surface area contributed by atoms with E-state index in [4.69, 9.17) is 9.47 Å². The molecule has 0 aliphatic carbocycles. The van der Waals surface area contributed by atoms with Crippen LogP contribution in [-0.2, 0) is 11.3 Å². The Bertz CT molecular complexity index is 476. The van der Waals surface area contributed by atoms with E-state index in [9.17, 15) is 4.79 Å². The van der Waals surface area contributed by atoms with E-state index in [1.165, 1.54) is 0 Å². The molecule has 1 aromatic carbocycles. The zero-order chi connectivity index (χ0) is 13.1. The number of nitrogens with one attached hydrogen (secondary N) is 2. The number of amides is 1. The van der Waals surface area contributed by atoms with E-state index in [0.717, 1.165) is 36.4 Å². The summed E-state index contributed by atoms with van der Waals surface area (Å²) in [6, 6.07) is 6.13. The number of hydrogen-bond donors (Lipinski definition) is 2. The molecule has 1 fully saturated rings. The van der Waals surface area contributed by atoms with Crippen LogP contribution in [0.25, 0.3) is 0 Å². The molecule has 1 saturated heterocycles. The summed E-state index contributed by atoms with van der Waals surface area (Å²) in [7, 11) is 0. The van der Waals surface area contributed by atoms with Gasteiger partial charge in [0.1, 0.15) is 0 Å². The molecular weight excluding hydrogens is 244 g/mol. The lowest BCUT2D eigenvalue weighted by Crippen LogP contribution is -2.32. The van der Waals surface area contributed by atoms with Gasteiger partial charge < -0.3 is 20.1 Å². The first-order valence-corrected chi connectivity index (χ1v) is 6.70. The van der Waals surface area contributed by atoms with Crippen molar-refractivity contribution < 1.29 is 14.3 Å². The van der Waals surface area contributed by atoms with Crippen LogP contribution in [0.15, 0.2) is 18.2 Å². The second-order valence-corrected chi connectivity index (χ2v) is 4.93. The Morgan fingerprint density at radius 3 is 3.26 bits per heavy atom. The number of ether oxygens (including phenoxy) is 2. The predicted octanol–water partition coefficient (Wildman–Crippen LogP) is 1.17. The summed E-state index contributed by atoms with van der Waals surface area (Å²) in [6.07, 6.45) is 2.59. The standard InChI is InChI=1S/C14H18N2O3/c17-13-7-11(4-2-6-15-13)16-8-10-3-1-5-12-14(10)19-9-18-12/h1,3,5,11,16H,2,4,6-9H2,(H,15,17). The summed E-state index contributed by atoms with van der Waals surface area (Å²) in [5.74, 6) is 1.76. The highest BCUT2D eigenvalue weighted by Gasteiger charge is 2.20. The van der Waals surface area contributed by atoms with Crippen molar-refractivity contribution in [3.05, 3.63) is 23.8 Å². The number of carbonyl (C=O) groups is 1. The molecule has 19 heavy (non-hydrogen) atoms. The summed E-state index contributed by atoms with van der Waals surface area (Å²) >= 11 is 0. The van der Waals surface area contributed by atoms with Crippen LogP contribution >= 0.6 is 0 Å². The summed E-state index contributed by atoms with van der Waals surface area (Å²) in [5.41, 5.74) is 1.08. The second-order valence-electron chi connectivity index (χ2n) is 4.93. The van der Waals surface area contributed by atoms with Crippen molar-refractivity contribution in [3.8, 4) is 11.5 Å². The minimum absolute atomic E-state index is 0.132. The van der Waals surface area contributed by atoms with Crippen LogP contribution in [0.4, 0.5) is 0 Å². The third kappa shape index (κ3) is 2.81. The number of hydrogen-bond acceptors (Lipinski definition) is 4. The molecule has 1 atom stereocenters. The average molecular weight is 262 g/mol. The van der Waals surface area contributed by atoms with Crippen molar-refractivity contribution in [2.24, 2.45) is 0 Å². The Hall–Kier alpha value is -1.75. The zero-order valence-corrected chi connectivity index (χ0v) is 10.8. The molecule has 2 N–H and O–H groups in total. The fourth-order valence-corrected chi connectivity index (χ4v) is 2.53. The summed E-state index contributed by atoms with van der Waals surface area (Å²) in [5, 5.41) is 6.33. The maximum Gasteiger partial charge on any atom is 0.231 e. The van der Waals surface area contributed by atoms with Gasteiger partial charge in [-0.25, -0.2) is 0 Å². The monoisotopic (exact) mass is 262 g/mol. The van der Waals surface area contributed by atoms with Gasteiger partial charge in [0.2, 0.25) is 12.7 Å². The fraction of sp³-hybridized carbons (Fsp3) is 0.500. The molecule has 1 amide bonds. The SMILES string of the molecule is O=C1CC(NCc2cccc3c2OCO3)CCCN1. The van der Waals surface area contributed by atoms with E-state index in [1.807, 2.05) is 18.2 Å². The number of para-hydroxylation sites is 1. The quantitative estimate of drug-likeness (QED) is 0.858. The molecule has 0 radical (unpaired) electrons. The Labute approximate surface area is 112 Å². The van der Waals surface area contributed by atoms with Crippen molar-refractivity contribution >= 4 is 5.91 Å². The second kappa shape index (κ2) is 5.48. The van der Waals surface area contributed by atoms with Crippen molar-refractivity contribution in [1.82, 2.24) is 10.6 Å². The van der Waals surface area contributed by atoms with Gasteiger partial charge in [-0.3, -0.25) is 4.79 Å². The minimum atomic E-state index is 0.132. The zero-order valence-electron chi connectivity index (χ0n) is 10.8. The fourth-order valence-electron chi connectivity index (χ4n) is 2.53. The minimum Gasteiger partial charge on any atom is -0.454 e. The molecule has 3 rings (SSSR count). The van der Waals surface area contributed by atoms with Crippen LogP contribution < -0.4 is 20.1 Å². The number of carbonyl (C=O) groups excluding carboxylic acids is 1. The van der Waals surface area contributed by atoms with Crippen LogP contribution in [-0.4, -0.2) is 25.3 Å². The van der Waals surface area contributed by atoms with Gasteiger partial charge in [-0.1, -0.05) is 12.1 Å². The number of rotatable bonds is 3. The molecule has 2 aliphatic heterocycles. The van der Waals surface area contributed by atoms with E-state index >= 15 is 0 Å². The molecule has 0 bridgehead atoms. The van der Waals surface area contributed by atoms with Gasteiger partial charge in [-0.15, -0.1) is 0 Å². The first-order valence-electron chi connectivity index (χ1n) is 6.70. The average Bonchev–Trinajstić information content (AvgIpc) is 2.80. The molecule has 1 aromatic rings. The Balaban J connectivity index is 1.63. The molecule has 2 heterocycles. The van der Waals surface area contributed by atoms with E-state index in [1.54, 1.807) is 0 Å². The Morgan fingerprint density at radius 1 is 1.37 bits per heavy atom. The lowest BCUT2D eigenvalue weighted by molar-refractivity contribution is -0.121. The topological polar surface area (TPSA) is 59.6 Å². The molecule has 5 nitrogen and oxygen atoms in total. The molecule has 0 saturated carbocycles. The van der Waals surface area contributed by atoms with Crippen LogP contribution in [0, 0.1) is 0 Å². The molecule has 5 heteroatoms. The normalized spacial score (nSPS) is 21.9. The predicted molar refractivity (Wildman–Crippen MR) is 70.1 cm³/mol. The van der Waals surface area contributed by atoms with Gasteiger partial charge in [0.25, 0.3) is 0 Å². The van der Waals surface area contributed by atoms with E-state index in [-0.39, 0.29) is 18.7 Å². The van der Waals surface area contributed by atoms with Crippen molar-refractivity contribution in [3.63, 3.8) is 0 Å². The lowest BCUT2D eigenvalue weighted by Gasteiger charge is -2.15. The highest BCUT2D eigenvalue weighted by atomic mass is 16.7. The van der Waals surface area contributed by atoms with Crippen molar-refractivity contribution in [1.29, 1.82) is 0 Å². The van der Waals surface area contributed by atoms with E-state index < -0.39 is 0 Å². The van der Waals surface area contributed by atoms with E-state index in [2.05, 4.69) is 10.6 Å². The Kier molecular flexibility index (Phi) is 3.55. The largest absolute Gasteiger partial charge is 0.454 e. The van der Waals surface area contributed by atoms with Gasteiger partial charge in [0.05, 0.1) is 0 Å². The molecule has 102 valence electrons. The maximum atomic E-state index is 11.5. The highest BCUT2D eigenvalue weighted by Crippen LogP contribution is 2.35. The summed E-state index contributed by atoms with van der Waals surface area (Å²) < 4.78 is 10.8. The Morgan fingerprint density at radius 2 is 2.32 bits per heavy atom. The molecule has 2 aliphatic rings. The molecule has 0 spiro atoms. The van der Waals surface area contributed by atoms with E-state index in [0.29, 0.717) is 13.0 Å². The van der Waals surface area contributed by atoms with Gasteiger partial charge >= 0.3 is 0 Å². The first-order chi connectivity index (χ1) is 9.33. The molecular formula is C14H18N2O3. The van der Waals surface area contributed by atoms with Gasteiger partial charge in [-0.2, -0.15) is 0 Å². The highest BCUT2D eigenvalue weighted by molar-refractivity contribution is 5.76. The van der Waals surface area contributed by atoms with Crippen LogP contribution in [0.1, 0.15) is 24.8 Å². The van der Waals surface area contributed by atoms with Crippen molar-refractivity contribution in [2.75, 3.05) is 13.3 Å². The van der Waals surface area contributed by atoms with Crippen LogP contribution in [0.5, 0.6) is 11.5 Å². The molecule has 0 aromatic heterocycles. The van der Waals surface area contributed by atoms with Crippen molar-refractivity contribution in [2.45, 2.75) is 31.8 Å². The number of fused-ring (bicyclic) bond motifs is 1. The van der Waals surface area contributed by atoms with Gasteiger partial charge in [0, 0.05) is 31.1 Å². The lowest BCUT2D eigenvalue weighted by atomic mass is 10.1. The third-order valence-corrected chi connectivity index (χ3v) is 3.54.